The Morgan fingerprint density at radius 3 is 2.68 bits per heavy atom. The summed E-state index contributed by atoms with van der Waals surface area (Å²) in [4.78, 5) is 24.8. The monoisotopic (exact) mass is 271 g/mol. The van der Waals surface area contributed by atoms with E-state index in [4.69, 9.17) is 5.11 Å². The number of carbonyl (C=O) groups is 2. The number of carbonyl (C=O) groups excluding carboxylic acids is 1. The normalized spacial score (nSPS) is 21.1. The molecule has 1 aliphatic heterocycles. The van der Waals surface area contributed by atoms with Gasteiger partial charge in [0.15, 0.2) is 0 Å². The minimum absolute atomic E-state index is 0.180. The van der Waals surface area contributed by atoms with Gasteiger partial charge in [-0.25, -0.2) is 4.79 Å². The van der Waals surface area contributed by atoms with E-state index in [1.807, 2.05) is 0 Å². The van der Waals surface area contributed by atoms with Crippen molar-refractivity contribution in [3.63, 3.8) is 0 Å². The maximum Gasteiger partial charge on any atom is 0.314 e. The number of likely N-dealkylation sites (tertiary alicyclic amines) is 1. The van der Waals surface area contributed by atoms with E-state index in [2.05, 4.69) is 22.5 Å². The SMILES string of the molecule is CCC(CNC(=O)NCC1CCCN1CC)C(=O)O. The number of aliphatic carboxylic acids is 1. The Hall–Kier alpha value is -1.30. The number of amides is 2. The molecule has 0 aromatic heterocycles. The molecule has 0 aliphatic carbocycles. The van der Waals surface area contributed by atoms with E-state index >= 15 is 0 Å². The van der Waals surface area contributed by atoms with Crippen LogP contribution in [0.5, 0.6) is 0 Å². The van der Waals surface area contributed by atoms with Gasteiger partial charge in [-0.05, 0) is 32.4 Å². The molecule has 2 unspecified atom stereocenters. The maximum absolute atomic E-state index is 11.6. The summed E-state index contributed by atoms with van der Waals surface area (Å²) < 4.78 is 0. The molecule has 1 rings (SSSR count). The number of likely N-dealkylation sites (N-methyl/N-ethyl adjacent to an activating group) is 1. The highest BCUT2D eigenvalue weighted by Gasteiger charge is 2.23. The van der Waals surface area contributed by atoms with Crippen molar-refractivity contribution in [3.8, 4) is 0 Å². The van der Waals surface area contributed by atoms with E-state index in [1.165, 1.54) is 6.42 Å². The van der Waals surface area contributed by atoms with Crippen LogP contribution in [-0.2, 0) is 4.79 Å². The lowest BCUT2D eigenvalue weighted by Gasteiger charge is -2.23. The second kappa shape index (κ2) is 7.99. The van der Waals surface area contributed by atoms with Crippen LogP contribution in [0.25, 0.3) is 0 Å². The number of carboxylic acid groups (broad SMARTS) is 1. The number of hydrogen-bond acceptors (Lipinski definition) is 3. The van der Waals surface area contributed by atoms with Crippen LogP contribution in [0.4, 0.5) is 4.79 Å². The third kappa shape index (κ3) is 5.06. The van der Waals surface area contributed by atoms with Crippen molar-refractivity contribution < 1.29 is 14.7 Å². The molecule has 1 saturated heterocycles. The zero-order valence-electron chi connectivity index (χ0n) is 11.8. The Bertz CT molecular complexity index is 310. The third-order valence-electron chi connectivity index (χ3n) is 3.75. The quantitative estimate of drug-likeness (QED) is 0.642. The van der Waals surface area contributed by atoms with Crippen LogP contribution in [0.2, 0.25) is 0 Å². The molecule has 3 N–H and O–H groups in total. The molecule has 0 saturated carbocycles. The first-order chi connectivity index (χ1) is 9.08. The highest BCUT2D eigenvalue weighted by atomic mass is 16.4. The number of hydrogen-bond donors (Lipinski definition) is 3. The van der Waals surface area contributed by atoms with Crippen molar-refractivity contribution in [1.29, 1.82) is 0 Å². The van der Waals surface area contributed by atoms with Crippen LogP contribution in [-0.4, -0.2) is 54.2 Å². The number of rotatable bonds is 7. The number of nitrogens with zero attached hydrogens (tertiary/aromatic N) is 1. The van der Waals surface area contributed by atoms with Crippen LogP contribution in [0.15, 0.2) is 0 Å². The molecule has 110 valence electrons. The van der Waals surface area contributed by atoms with E-state index in [0.29, 0.717) is 19.0 Å². The van der Waals surface area contributed by atoms with Gasteiger partial charge in [-0.2, -0.15) is 0 Å². The Morgan fingerprint density at radius 1 is 1.37 bits per heavy atom. The summed E-state index contributed by atoms with van der Waals surface area (Å²) in [6, 6.07) is 0.139. The Balaban J connectivity index is 2.22. The summed E-state index contributed by atoms with van der Waals surface area (Å²) in [5.74, 6) is -1.37. The zero-order valence-corrected chi connectivity index (χ0v) is 11.8. The van der Waals surface area contributed by atoms with Gasteiger partial charge in [-0.15, -0.1) is 0 Å². The van der Waals surface area contributed by atoms with Crippen molar-refractivity contribution >= 4 is 12.0 Å². The fourth-order valence-electron chi connectivity index (χ4n) is 2.44. The van der Waals surface area contributed by atoms with Crippen LogP contribution in [0.3, 0.4) is 0 Å². The second-order valence-electron chi connectivity index (χ2n) is 4.96. The van der Waals surface area contributed by atoms with Crippen molar-refractivity contribution in [2.75, 3.05) is 26.2 Å². The average molecular weight is 271 g/mol. The molecule has 0 spiro atoms. The molecule has 0 bridgehead atoms. The molecular weight excluding hydrogens is 246 g/mol. The van der Waals surface area contributed by atoms with Gasteiger partial charge in [-0.3, -0.25) is 9.69 Å². The molecule has 0 radical (unpaired) electrons. The minimum atomic E-state index is -0.865. The Labute approximate surface area is 114 Å². The summed E-state index contributed by atoms with van der Waals surface area (Å²) in [7, 11) is 0. The molecule has 2 atom stereocenters. The number of urea groups is 1. The van der Waals surface area contributed by atoms with Crippen LogP contribution < -0.4 is 10.6 Å². The van der Waals surface area contributed by atoms with Crippen LogP contribution in [0.1, 0.15) is 33.1 Å². The molecule has 0 aromatic carbocycles. The van der Waals surface area contributed by atoms with E-state index in [9.17, 15) is 9.59 Å². The number of nitrogens with one attached hydrogen (secondary N) is 2. The molecule has 1 aliphatic rings. The van der Waals surface area contributed by atoms with Gasteiger partial charge in [0, 0.05) is 19.1 Å². The topological polar surface area (TPSA) is 81.7 Å². The standard InChI is InChI=1S/C13H25N3O3/c1-3-10(12(17)18)8-14-13(19)15-9-11-6-5-7-16(11)4-2/h10-11H,3-9H2,1-2H3,(H,17,18)(H2,14,15,19). The van der Waals surface area contributed by atoms with Gasteiger partial charge in [0.1, 0.15) is 0 Å². The molecular formula is C13H25N3O3. The first-order valence-corrected chi connectivity index (χ1v) is 7.07. The van der Waals surface area contributed by atoms with Gasteiger partial charge in [-0.1, -0.05) is 13.8 Å². The Kier molecular flexibility index (Phi) is 6.62. The first-order valence-electron chi connectivity index (χ1n) is 7.07. The van der Waals surface area contributed by atoms with E-state index in [-0.39, 0.29) is 12.6 Å². The minimum Gasteiger partial charge on any atom is -0.481 e. The van der Waals surface area contributed by atoms with Crippen LogP contribution >= 0.6 is 0 Å². The predicted octanol–water partition coefficient (Wildman–Crippen LogP) is 0.881. The molecule has 1 heterocycles. The van der Waals surface area contributed by atoms with E-state index in [0.717, 1.165) is 19.5 Å². The van der Waals surface area contributed by atoms with Gasteiger partial charge < -0.3 is 15.7 Å². The molecule has 19 heavy (non-hydrogen) atoms. The highest BCUT2D eigenvalue weighted by Crippen LogP contribution is 2.15. The maximum atomic E-state index is 11.6. The van der Waals surface area contributed by atoms with Crippen molar-refractivity contribution in [3.05, 3.63) is 0 Å². The van der Waals surface area contributed by atoms with Gasteiger partial charge in [0.05, 0.1) is 5.92 Å². The Morgan fingerprint density at radius 2 is 2.11 bits per heavy atom. The third-order valence-corrected chi connectivity index (χ3v) is 3.75. The van der Waals surface area contributed by atoms with Crippen molar-refractivity contribution in [2.24, 2.45) is 5.92 Å². The summed E-state index contributed by atoms with van der Waals surface area (Å²) in [5.41, 5.74) is 0. The largest absolute Gasteiger partial charge is 0.481 e. The lowest BCUT2D eigenvalue weighted by molar-refractivity contribution is -0.141. The van der Waals surface area contributed by atoms with Gasteiger partial charge >= 0.3 is 12.0 Å². The molecule has 2 amide bonds. The molecule has 1 fully saturated rings. The number of carboxylic acids is 1. The highest BCUT2D eigenvalue weighted by molar-refractivity contribution is 5.75. The molecule has 0 aromatic rings. The summed E-state index contributed by atoms with van der Waals surface area (Å²) in [6.45, 7) is 6.84. The summed E-state index contributed by atoms with van der Waals surface area (Å²) >= 11 is 0. The van der Waals surface area contributed by atoms with Gasteiger partial charge in [0.2, 0.25) is 0 Å². The summed E-state index contributed by atoms with van der Waals surface area (Å²) in [6.07, 6.45) is 2.81. The molecule has 6 heteroatoms. The van der Waals surface area contributed by atoms with Crippen molar-refractivity contribution in [1.82, 2.24) is 15.5 Å². The second-order valence-corrected chi connectivity index (χ2v) is 4.96. The predicted molar refractivity (Wildman–Crippen MR) is 73.1 cm³/mol. The fourth-order valence-corrected chi connectivity index (χ4v) is 2.44. The zero-order chi connectivity index (χ0) is 14.3. The lowest BCUT2D eigenvalue weighted by atomic mass is 10.1. The summed E-state index contributed by atoms with van der Waals surface area (Å²) in [5, 5.41) is 14.3. The molecule has 6 nitrogen and oxygen atoms in total. The van der Waals surface area contributed by atoms with E-state index < -0.39 is 11.9 Å². The van der Waals surface area contributed by atoms with E-state index in [1.54, 1.807) is 6.92 Å². The first kappa shape index (κ1) is 15.8. The fraction of sp³-hybridized carbons (Fsp3) is 0.846. The van der Waals surface area contributed by atoms with Crippen molar-refractivity contribution in [2.45, 2.75) is 39.2 Å². The van der Waals surface area contributed by atoms with Gasteiger partial charge in [0.25, 0.3) is 0 Å². The van der Waals surface area contributed by atoms with Crippen LogP contribution in [0, 0.1) is 5.92 Å². The smallest absolute Gasteiger partial charge is 0.314 e. The average Bonchev–Trinajstić information content (AvgIpc) is 2.84. The lowest BCUT2D eigenvalue weighted by Crippen LogP contribution is -2.45.